The minimum atomic E-state index is -0.595. The van der Waals surface area contributed by atoms with E-state index >= 15 is 0 Å². The van der Waals surface area contributed by atoms with Crippen molar-refractivity contribution in [2.24, 2.45) is 5.73 Å². The molecule has 1 heterocycles. The van der Waals surface area contributed by atoms with Gasteiger partial charge in [0.05, 0.1) is 6.20 Å². The first-order valence-electron chi connectivity index (χ1n) is 4.09. The van der Waals surface area contributed by atoms with Gasteiger partial charge >= 0.3 is 0 Å². The van der Waals surface area contributed by atoms with Crippen LogP contribution in [0, 0.1) is 0 Å². The highest BCUT2D eigenvalue weighted by atomic mass is 16.2. The lowest BCUT2D eigenvalue weighted by molar-refractivity contribution is -0.122. The van der Waals surface area contributed by atoms with Crippen molar-refractivity contribution in [1.29, 1.82) is 0 Å². The molecule has 0 spiro atoms. The summed E-state index contributed by atoms with van der Waals surface area (Å²) >= 11 is 0. The van der Waals surface area contributed by atoms with Crippen molar-refractivity contribution in [1.82, 2.24) is 15.0 Å². The Labute approximate surface area is 75.1 Å². The average Bonchev–Trinajstić information content (AvgIpc) is 2.79. The second-order valence-corrected chi connectivity index (χ2v) is 3.19. The van der Waals surface area contributed by atoms with E-state index in [0.717, 1.165) is 12.8 Å². The molecular weight excluding hydrogens is 170 g/mol. The topological polar surface area (TPSA) is 85.8 Å². The number of nitrogens with one attached hydrogen (secondary N) is 1. The van der Waals surface area contributed by atoms with Gasteiger partial charge in [-0.15, -0.1) is 5.10 Å². The first-order valence-corrected chi connectivity index (χ1v) is 4.09. The molecule has 1 amide bonds. The molecule has 1 saturated carbocycles. The van der Waals surface area contributed by atoms with Gasteiger partial charge < -0.3 is 11.1 Å². The van der Waals surface area contributed by atoms with E-state index in [2.05, 4.69) is 15.6 Å². The maximum absolute atomic E-state index is 11.1. The van der Waals surface area contributed by atoms with Crippen molar-refractivity contribution < 1.29 is 4.79 Å². The number of rotatable bonds is 3. The van der Waals surface area contributed by atoms with Crippen LogP contribution in [0.1, 0.15) is 12.8 Å². The highest BCUT2D eigenvalue weighted by molar-refractivity contribution is 5.85. The van der Waals surface area contributed by atoms with Crippen LogP contribution in [0.4, 0.5) is 5.82 Å². The third kappa shape index (κ3) is 1.06. The molecule has 6 nitrogen and oxygen atoms in total. The molecule has 70 valence electrons. The van der Waals surface area contributed by atoms with E-state index in [1.807, 2.05) is 0 Å². The Balaban J connectivity index is 2.30. The first-order chi connectivity index (χ1) is 6.19. The van der Waals surface area contributed by atoms with Gasteiger partial charge in [-0.05, 0) is 12.8 Å². The number of primary amides is 1. The molecule has 1 aliphatic rings. The van der Waals surface area contributed by atoms with Gasteiger partial charge in [-0.25, -0.2) is 4.68 Å². The number of nitrogens with two attached hydrogens (primary N) is 1. The smallest absolute Gasteiger partial charge is 0.245 e. The number of carbonyl (C=O) groups excluding carboxylic acids is 1. The molecule has 0 bridgehead atoms. The number of anilines is 1. The lowest BCUT2D eigenvalue weighted by Gasteiger charge is -2.08. The Morgan fingerprint density at radius 3 is 2.85 bits per heavy atom. The van der Waals surface area contributed by atoms with Crippen LogP contribution in [-0.2, 0) is 10.3 Å². The molecular formula is C7H11N5O. The van der Waals surface area contributed by atoms with Gasteiger partial charge in [0.25, 0.3) is 0 Å². The lowest BCUT2D eigenvalue weighted by Crippen LogP contribution is -2.34. The van der Waals surface area contributed by atoms with E-state index in [-0.39, 0.29) is 5.91 Å². The molecule has 13 heavy (non-hydrogen) atoms. The summed E-state index contributed by atoms with van der Waals surface area (Å²) in [5.41, 5.74) is 4.67. The maximum atomic E-state index is 11.1. The van der Waals surface area contributed by atoms with Gasteiger partial charge in [0.1, 0.15) is 5.54 Å². The van der Waals surface area contributed by atoms with Crippen LogP contribution in [0.25, 0.3) is 0 Å². The van der Waals surface area contributed by atoms with Gasteiger partial charge in [-0.1, -0.05) is 5.21 Å². The van der Waals surface area contributed by atoms with Crippen molar-refractivity contribution in [3.8, 4) is 0 Å². The standard InChI is InChI=1S/C7H11N5O/c1-9-5-4-12(11-10-5)7(2-3-7)6(8)13/h4,9H,2-3H2,1H3,(H2,8,13). The van der Waals surface area contributed by atoms with Crippen LogP contribution in [0.15, 0.2) is 6.20 Å². The molecule has 0 atom stereocenters. The molecule has 1 fully saturated rings. The zero-order chi connectivity index (χ0) is 9.47. The van der Waals surface area contributed by atoms with Gasteiger partial charge in [-0.3, -0.25) is 4.79 Å². The Morgan fingerprint density at radius 1 is 1.77 bits per heavy atom. The fourth-order valence-corrected chi connectivity index (χ4v) is 1.29. The quantitative estimate of drug-likeness (QED) is 0.645. The second-order valence-electron chi connectivity index (χ2n) is 3.19. The van der Waals surface area contributed by atoms with E-state index in [1.165, 1.54) is 0 Å². The summed E-state index contributed by atoms with van der Waals surface area (Å²) in [5.74, 6) is 0.313. The molecule has 0 aliphatic heterocycles. The average molecular weight is 181 g/mol. The minimum Gasteiger partial charge on any atom is -0.370 e. The van der Waals surface area contributed by atoms with Gasteiger partial charge in [0, 0.05) is 7.05 Å². The molecule has 3 N–H and O–H groups in total. The summed E-state index contributed by atoms with van der Waals surface area (Å²) < 4.78 is 1.54. The molecule has 1 aromatic rings. The summed E-state index contributed by atoms with van der Waals surface area (Å²) in [6.45, 7) is 0. The van der Waals surface area contributed by atoms with Crippen LogP contribution in [0.5, 0.6) is 0 Å². The van der Waals surface area contributed by atoms with E-state index in [9.17, 15) is 4.79 Å². The van der Waals surface area contributed by atoms with Crippen molar-refractivity contribution in [3.63, 3.8) is 0 Å². The number of carbonyl (C=O) groups is 1. The molecule has 0 saturated heterocycles. The van der Waals surface area contributed by atoms with Crippen LogP contribution in [0.2, 0.25) is 0 Å². The lowest BCUT2D eigenvalue weighted by atomic mass is 10.3. The number of aromatic nitrogens is 3. The maximum Gasteiger partial charge on any atom is 0.245 e. The largest absolute Gasteiger partial charge is 0.370 e. The number of hydrogen-bond acceptors (Lipinski definition) is 4. The number of amides is 1. The number of nitrogens with zero attached hydrogens (tertiary/aromatic N) is 3. The minimum absolute atomic E-state index is 0.333. The van der Waals surface area contributed by atoms with E-state index in [4.69, 9.17) is 5.73 Å². The van der Waals surface area contributed by atoms with Crippen LogP contribution in [-0.4, -0.2) is 27.9 Å². The normalized spacial score (nSPS) is 18.2. The predicted octanol–water partition coefficient (Wildman–Crippen LogP) is -0.706. The van der Waals surface area contributed by atoms with Crippen LogP contribution >= 0.6 is 0 Å². The Morgan fingerprint density at radius 2 is 2.46 bits per heavy atom. The van der Waals surface area contributed by atoms with Crippen molar-refractivity contribution in [2.75, 3.05) is 12.4 Å². The molecule has 1 aliphatic carbocycles. The molecule has 6 heteroatoms. The van der Waals surface area contributed by atoms with Crippen LogP contribution in [0.3, 0.4) is 0 Å². The predicted molar refractivity (Wildman–Crippen MR) is 46.0 cm³/mol. The van der Waals surface area contributed by atoms with Gasteiger partial charge in [0.2, 0.25) is 5.91 Å². The highest BCUT2D eigenvalue weighted by Gasteiger charge is 2.51. The SMILES string of the molecule is CNc1cn(C2(C(N)=O)CC2)nn1. The van der Waals surface area contributed by atoms with E-state index < -0.39 is 5.54 Å². The van der Waals surface area contributed by atoms with Crippen molar-refractivity contribution >= 4 is 11.7 Å². The monoisotopic (exact) mass is 181 g/mol. The van der Waals surface area contributed by atoms with E-state index in [1.54, 1.807) is 17.9 Å². The summed E-state index contributed by atoms with van der Waals surface area (Å²) in [4.78, 5) is 11.1. The fourth-order valence-electron chi connectivity index (χ4n) is 1.29. The van der Waals surface area contributed by atoms with E-state index in [0.29, 0.717) is 5.82 Å². The summed E-state index contributed by atoms with van der Waals surface area (Å²) in [5, 5.41) is 10.5. The zero-order valence-electron chi connectivity index (χ0n) is 7.32. The second kappa shape index (κ2) is 2.45. The molecule has 1 aromatic heterocycles. The molecule has 0 radical (unpaired) electrons. The first kappa shape index (κ1) is 8.03. The summed E-state index contributed by atoms with van der Waals surface area (Å²) in [6.07, 6.45) is 3.21. The fraction of sp³-hybridized carbons (Fsp3) is 0.571. The van der Waals surface area contributed by atoms with Crippen molar-refractivity contribution in [2.45, 2.75) is 18.4 Å². The summed E-state index contributed by atoms with van der Waals surface area (Å²) in [7, 11) is 1.75. The highest BCUT2D eigenvalue weighted by Crippen LogP contribution is 2.42. The molecule has 0 unspecified atom stereocenters. The Hall–Kier alpha value is -1.59. The van der Waals surface area contributed by atoms with Crippen molar-refractivity contribution in [3.05, 3.63) is 6.20 Å². The Bertz CT molecular complexity index is 340. The molecule has 0 aromatic carbocycles. The molecule has 2 rings (SSSR count). The van der Waals surface area contributed by atoms with Gasteiger partial charge in [0.15, 0.2) is 5.82 Å². The zero-order valence-corrected chi connectivity index (χ0v) is 7.32. The number of hydrogen-bond donors (Lipinski definition) is 2. The van der Waals surface area contributed by atoms with Crippen LogP contribution < -0.4 is 11.1 Å². The van der Waals surface area contributed by atoms with Gasteiger partial charge in [-0.2, -0.15) is 0 Å². The summed E-state index contributed by atoms with van der Waals surface area (Å²) in [6, 6.07) is 0. The third-order valence-electron chi connectivity index (χ3n) is 2.37. The Kier molecular flexibility index (Phi) is 1.51. The third-order valence-corrected chi connectivity index (χ3v) is 2.37.